The maximum Gasteiger partial charge on any atom is 0.343 e. The van der Waals surface area contributed by atoms with Crippen molar-refractivity contribution in [2.24, 2.45) is 0 Å². The Morgan fingerprint density at radius 2 is 1.74 bits per heavy atom. The van der Waals surface area contributed by atoms with Crippen LogP contribution in [-0.2, 0) is 14.3 Å². The Bertz CT molecular complexity index is 550. The van der Waals surface area contributed by atoms with Crippen molar-refractivity contribution in [1.29, 1.82) is 0 Å². The molecule has 0 aliphatic heterocycles. The molecule has 1 rings (SSSR count). The molecular formula is C16H23NO6. The van der Waals surface area contributed by atoms with E-state index in [0.717, 1.165) is 0 Å². The van der Waals surface area contributed by atoms with Crippen LogP contribution in [0.5, 0.6) is 5.75 Å². The molecule has 0 unspecified atom stereocenters. The number of hydrogen-bond donors (Lipinski definition) is 0. The molecule has 0 aromatic heterocycles. The molecule has 0 aliphatic rings. The number of nitro benzene ring substituents is 1. The van der Waals surface area contributed by atoms with Gasteiger partial charge in [-0.05, 0) is 46.2 Å². The van der Waals surface area contributed by atoms with Gasteiger partial charge in [0.05, 0.1) is 17.1 Å². The minimum absolute atomic E-state index is 0.0675. The number of carbonyl (C=O) groups excluding carboxylic acids is 1. The number of ether oxygens (including phenoxy) is 3. The van der Waals surface area contributed by atoms with E-state index in [4.69, 9.17) is 14.2 Å². The average Bonchev–Trinajstić information content (AvgIpc) is 2.47. The SMILES string of the molecule is COC(C)(C)CCOC(C)(C)C(=O)Oc1ccc([N+](=O)[O-])cc1. The van der Waals surface area contributed by atoms with Gasteiger partial charge in [-0.25, -0.2) is 4.79 Å². The van der Waals surface area contributed by atoms with Crippen molar-refractivity contribution in [3.63, 3.8) is 0 Å². The summed E-state index contributed by atoms with van der Waals surface area (Å²) >= 11 is 0. The minimum Gasteiger partial charge on any atom is -0.424 e. The van der Waals surface area contributed by atoms with Crippen LogP contribution in [0.25, 0.3) is 0 Å². The summed E-state index contributed by atoms with van der Waals surface area (Å²) in [6.07, 6.45) is 0.623. The van der Waals surface area contributed by atoms with Gasteiger partial charge in [0.15, 0.2) is 5.60 Å². The third kappa shape index (κ3) is 5.96. The Balaban J connectivity index is 2.59. The third-order valence-electron chi connectivity index (χ3n) is 3.47. The molecule has 0 spiro atoms. The van der Waals surface area contributed by atoms with E-state index < -0.39 is 16.5 Å². The van der Waals surface area contributed by atoms with E-state index in [1.807, 2.05) is 13.8 Å². The Morgan fingerprint density at radius 3 is 2.22 bits per heavy atom. The second-order valence-electron chi connectivity index (χ2n) is 6.21. The summed E-state index contributed by atoms with van der Waals surface area (Å²) in [6.45, 7) is 7.42. The van der Waals surface area contributed by atoms with Crippen LogP contribution < -0.4 is 4.74 Å². The number of non-ortho nitro benzene ring substituents is 1. The van der Waals surface area contributed by atoms with E-state index in [1.54, 1.807) is 21.0 Å². The van der Waals surface area contributed by atoms with Crippen molar-refractivity contribution in [2.45, 2.75) is 45.3 Å². The van der Waals surface area contributed by atoms with Gasteiger partial charge in [-0.1, -0.05) is 0 Å². The van der Waals surface area contributed by atoms with Crippen LogP contribution in [-0.4, -0.2) is 35.8 Å². The Labute approximate surface area is 135 Å². The smallest absolute Gasteiger partial charge is 0.343 e. The number of carbonyl (C=O) groups is 1. The van der Waals surface area contributed by atoms with Gasteiger partial charge in [0.1, 0.15) is 5.75 Å². The summed E-state index contributed by atoms with van der Waals surface area (Å²) < 4.78 is 16.1. The van der Waals surface area contributed by atoms with Crippen molar-refractivity contribution in [2.75, 3.05) is 13.7 Å². The lowest BCUT2D eigenvalue weighted by Crippen LogP contribution is -2.40. The quantitative estimate of drug-likeness (QED) is 0.316. The summed E-state index contributed by atoms with van der Waals surface area (Å²) in [5.74, 6) is -0.337. The van der Waals surface area contributed by atoms with Gasteiger partial charge in [-0.15, -0.1) is 0 Å². The van der Waals surface area contributed by atoms with Crippen LogP contribution in [0, 0.1) is 10.1 Å². The molecule has 23 heavy (non-hydrogen) atoms. The number of esters is 1. The van der Waals surface area contributed by atoms with E-state index in [-0.39, 0.29) is 17.0 Å². The molecule has 0 aliphatic carbocycles. The van der Waals surface area contributed by atoms with Gasteiger partial charge in [0, 0.05) is 19.2 Å². The van der Waals surface area contributed by atoms with Gasteiger partial charge in [0.25, 0.3) is 5.69 Å². The second-order valence-corrected chi connectivity index (χ2v) is 6.21. The maximum atomic E-state index is 12.2. The normalized spacial score (nSPS) is 12.0. The van der Waals surface area contributed by atoms with Crippen LogP contribution in [0.2, 0.25) is 0 Å². The molecule has 1 aromatic rings. The molecule has 0 amide bonds. The third-order valence-corrected chi connectivity index (χ3v) is 3.47. The van der Waals surface area contributed by atoms with Crippen LogP contribution in [0.15, 0.2) is 24.3 Å². The zero-order chi connectivity index (χ0) is 17.7. The molecular weight excluding hydrogens is 302 g/mol. The van der Waals surface area contributed by atoms with Gasteiger partial charge >= 0.3 is 5.97 Å². The summed E-state index contributed by atoms with van der Waals surface area (Å²) in [5, 5.41) is 10.6. The molecule has 0 radical (unpaired) electrons. The fourth-order valence-electron chi connectivity index (χ4n) is 1.58. The highest BCUT2D eigenvalue weighted by molar-refractivity contribution is 5.80. The highest BCUT2D eigenvalue weighted by atomic mass is 16.6. The molecule has 7 heteroatoms. The van der Waals surface area contributed by atoms with E-state index in [0.29, 0.717) is 13.0 Å². The largest absolute Gasteiger partial charge is 0.424 e. The fourth-order valence-corrected chi connectivity index (χ4v) is 1.58. The highest BCUT2D eigenvalue weighted by Gasteiger charge is 2.32. The lowest BCUT2D eigenvalue weighted by Gasteiger charge is -2.27. The van der Waals surface area contributed by atoms with E-state index in [2.05, 4.69) is 0 Å². The monoisotopic (exact) mass is 325 g/mol. The van der Waals surface area contributed by atoms with Crippen molar-refractivity contribution >= 4 is 11.7 Å². The molecule has 0 heterocycles. The standard InChI is InChI=1S/C16H23NO6/c1-15(2,21-5)10-11-22-16(3,4)14(18)23-13-8-6-12(7-9-13)17(19)20/h6-9H,10-11H2,1-5H3. The van der Waals surface area contributed by atoms with Crippen molar-refractivity contribution in [3.05, 3.63) is 34.4 Å². The Morgan fingerprint density at radius 1 is 1.17 bits per heavy atom. The molecule has 7 nitrogen and oxygen atoms in total. The molecule has 0 atom stereocenters. The lowest BCUT2D eigenvalue weighted by molar-refractivity contribution is -0.384. The fraction of sp³-hybridized carbons (Fsp3) is 0.562. The zero-order valence-electron chi connectivity index (χ0n) is 14.1. The Hall–Kier alpha value is -1.99. The summed E-state index contributed by atoms with van der Waals surface area (Å²) in [6, 6.07) is 5.30. The van der Waals surface area contributed by atoms with Crippen LogP contribution in [0.1, 0.15) is 34.1 Å². The second kappa shape index (κ2) is 7.52. The number of nitro groups is 1. The van der Waals surface area contributed by atoms with Crippen molar-refractivity contribution < 1.29 is 23.9 Å². The van der Waals surface area contributed by atoms with Gasteiger partial charge < -0.3 is 14.2 Å². The number of benzene rings is 1. The molecule has 0 bridgehead atoms. The molecule has 128 valence electrons. The average molecular weight is 325 g/mol. The first kappa shape index (κ1) is 19.1. The molecule has 0 saturated carbocycles. The highest BCUT2D eigenvalue weighted by Crippen LogP contribution is 2.21. The van der Waals surface area contributed by atoms with Crippen LogP contribution >= 0.6 is 0 Å². The van der Waals surface area contributed by atoms with Crippen molar-refractivity contribution in [1.82, 2.24) is 0 Å². The predicted octanol–water partition coefficient (Wildman–Crippen LogP) is 3.11. The van der Waals surface area contributed by atoms with Crippen molar-refractivity contribution in [3.8, 4) is 5.75 Å². The lowest BCUT2D eigenvalue weighted by atomic mass is 10.1. The summed E-state index contributed by atoms with van der Waals surface area (Å²) in [5.41, 5.74) is -1.54. The maximum absolute atomic E-state index is 12.2. The van der Waals surface area contributed by atoms with E-state index >= 15 is 0 Å². The van der Waals surface area contributed by atoms with E-state index in [1.165, 1.54) is 24.3 Å². The molecule has 0 saturated heterocycles. The summed E-state index contributed by atoms with van der Waals surface area (Å²) in [4.78, 5) is 22.2. The molecule has 0 N–H and O–H groups in total. The molecule has 1 aromatic carbocycles. The van der Waals surface area contributed by atoms with Gasteiger partial charge in [-0.3, -0.25) is 10.1 Å². The Kier molecular flexibility index (Phi) is 6.23. The first-order chi connectivity index (χ1) is 10.6. The van der Waals surface area contributed by atoms with Gasteiger partial charge in [-0.2, -0.15) is 0 Å². The number of methoxy groups -OCH3 is 1. The zero-order valence-corrected chi connectivity index (χ0v) is 14.1. The number of hydrogen-bond acceptors (Lipinski definition) is 6. The number of rotatable bonds is 8. The summed E-state index contributed by atoms with van der Waals surface area (Å²) in [7, 11) is 1.62. The predicted molar refractivity (Wildman–Crippen MR) is 84.5 cm³/mol. The van der Waals surface area contributed by atoms with Crippen LogP contribution in [0.3, 0.4) is 0 Å². The first-order valence-corrected chi connectivity index (χ1v) is 7.23. The topological polar surface area (TPSA) is 87.9 Å². The number of nitrogens with zero attached hydrogens (tertiary/aromatic N) is 1. The van der Waals surface area contributed by atoms with E-state index in [9.17, 15) is 14.9 Å². The first-order valence-electron chi connectivity index (χ1n) is 7.23. The van der Waals surface area contributed by atoms with Gasteiger partial charge in [0.2, 0.25) is 0 Å². The van der Waals surface area contributed by atoms with Crippen LogP contribution in [0.4, 0.5) is 5.69 Å². The molecule has 0 fully saturated rings. The minimum atomic E-state index is -1.13.